The van der Waals surface area contributed by atoms with Crippen molar-refractivity contribution in [1.29, 1.82) is 0 Å². The first-order valence-corrected chi connectivity index (χ1v) is 40.1. The summed E-state index contributed by atoms with van der Waals surface area (Å²) < 4.78 is 33.2. The number of carbonyl (C=O) groups excluding carboxylic acids is 2. The molecular weight excluding hydrogens is 1190 g/mol. The van der Waals surface area contributed by atoms with Gasteiger partial charge in [-0.25, -0.2) is 4.57 Å². The van der Waals surface area contributed by atoms with Crippen LogP contribution in [0.2, 0.25) is 0 Å². The molecule has 0 saturated heterocycles. The lowest BCUT2D eigenvalue weighted by Crippen LogP contribution is -2.29. The van der Waals surface area contributed by atoms with Crippen molar-refractivity contribution in [3.63, 3.8) is 0 Å². The first kappa shape index (κ1) is 90.4. The first-order chi connectivity index (χ1) is 46.8. The van der Waals surface area contributed by atoms with Crippen LogP contribution in [0.1, 0.15) is 322 Å². The molecule has 0 aromatic carbocycles. The lowest BCUT2D eigenvalue weighted by atomic mass is 10.0. The number of phosphoric ester groups is 1. The van der Waals surface area contributed by atoms with Crippen LogP contribution in [0.4, 0.5) is 0 Å². The molecule has 95 heavy (non-hydrogen) atoms. The third kappa shape index (κ3) is 78.3. The second-order valence-corrected chi connectivity index (χ2v) is 26.6. The summed E-state index contributed by atoms with van der Waals surface area (Å²) in [7, 11) is -4.41. The normalized spacial score (nSPS) is 13.9. The second-order valence-electron chi connectivity index (χ2n) is 25.1. The van der Waals surface area contributed by atoms with Gasteiger partial charge in [-0.05, 0) is 128 Å². The highest BCUT2D eigenvalue weighted by atomic mass is 31.2. The number of hydrogen-bond donors (Lipinski definition) is 2. The van der Waals surface area contributed by atoms with Gasteiger partial charge >= 0.3 is 19.8 Å². The fraction of sp³-hybridized carbons (Fsp3) is 0.647. The molecule has 10 heteroatoms. The van der Waals surface area contributed by atoms with Crippen molar-refractivity contribution >= 4 is 19.8 Å². The summed E-state index contributed by atoms with van der Waals surface area (Å²) in [5.41, 5.74) is 5.41. The fourth-order valence-electron chi connectivity index (χ4n) is 10.5. The van der Waals surface area contributed by atoms with Gasteiger partial charge < -0.3 is 20.1 Å². The number of hydrogen-bond acceptors (Lipinski definition) is 8. The minimum atomic E-state index is -4.41. The second kappa shape index (κ2) is 78.4. The molecule has 0 rings (SSSR count). The van der Waals surface area contributed by atoms with Crippen molar-refractivity contribution in [3.8, 4) is 0 Å². The van der Waals surface area contributed by atoms with E-state index < -0.39 is 26.5 Å². The van der Waals surface area contributed by atoms with E-state index >= 15 is 0 Å². The summed E-state index contributed by atoms with van der Waals surface area (Å²) in [5, 5.41) is 0. The molecule has 0 aliphatic carbocycles. The molecule has 0 fully saturated rings. The van der Waals surface area contributed by atoms with E-state index in [0.717, 1.165) is 148 Å². The zero-order valence-corrected chi connectivity index (χ0v) is 61.7. The van der Waals surface area contributed by atoms with E-state index in [4.69, 9.17) is 24.3 Å². The van der Waals surface area contributed by atoms with Gasteiger partial charge in [0.05, 0.1) is 13.2 Å². The standard InChI is InChI=1S/C85H142NO8P/c1-3-5-7-9-11-13-15-17-19-21-23-25-27-29-31-33-35-37-39-41-43-45-47-49-51-53-55-57-59-61-63-65-67-69-71-73-75-77-84(87)91-81-83(82-93-95(89,90)92-80-79-86)94-85(88)78-76-74-72-70-68-66-64-62-60-58-56-54-52-50-48-46-44-42-40-38-36-34-32-30-28-26-24-22-20-18-16-14-12-10-8-6-4-2/h5-8,11-14,17-20,23-26,30,32,36,38,42,44,48,50,54,56,60,62,83H,3-4,9-10,15-16,21-22,27-29,31,33-35,37,39-41,43,45-47,49,51-53,55,57-59,61,63-82,86H2,1-2H3,(H,89,90)/b7-5-,8-6-,13-11-,14-12-,19-17-,20-18-,25-23-,26-24-,32-30-,38-36-,44-42-,50-48-,56-54-,62-60-. The van der Waals surface area contributed by atoms with Crippen LogP contribution >= 0.6 is 7.82 Å². The summed E-state index contributed by atoms with van der Waals surface area (Å²) >= 11 is 0. The number of nitrogens with two attached hydrogens (primary N) is 1. The van der Waals surface area contributed by atoms with Gasteiger partial charge in [0.2, 0.25) is 0 Å². The topological polar surface area (TPSA) is 134 Å². The largest absolute Gasteiger partial charge is 0.472 e. The molecule has 0 amide bonds. The van der Waals surface area contributed by atoms with Crippen molar-refractivity contribution in [2.75, 3.05) is 26.4 Å². The van der Waals surface area contributed by atoms with Crippen LogP contribution in [0.25, 0.3) is 0 Å². The monoisotopic (exact) mass is 1340 g/mol. The number of allylic oxidation sites excluding steroid dienone is 28. The van der Waals surface area contributed by atoms with Gasteiger partial charge in [0.15, 0.2) is 6.10 Å². The highest BCUT2D eigenvalue weighted by Gasteiger charge is 2.26. The Morgan fingerprint density at radius 2 is 0.547 bits per heavy atom. The maximum absolute atomic E-state index is 12.8. The molecule has 0 aromatic rings. The van der Waals surface area contributed by atoms with Crippen molar-refractivity contribution in [3.05, 3.63) is 170 Å². The Kier molecular flexibility index (Phi) is 74.5. The summed E-state index contributed by atoms with van der Waals surface area (Å²) in [6, 6.07) is 0. The van der Waals surface area contributed by atoms with Gasteiger partial charge in [-0.15, -0.1) is 0 Å². The van der Waals surface area contributed by atoms with Crippen LogP contribution in [0.5, 0.6) is 0 Å². The average molecular weight is 1340 g/mol. The van der Waals surface area contributed by atoms with Crippen molar-refractivity contribution in [1.82, 2.24) is 0 Å². The van der Waals surface area contributed by atoms with E-state index in [1.54, 1.807) is 0 Å². The molecule has 0 aliphatic rings. The number of rotatable bonds is 71. The molecule has 0 heterocycles. The predicted molar refractivity (Wildman–Crippen MR) is 413 cm³/mol. The number of phosphoric acid groups is 1. The zero-order valence-electron chi connectivity index (χ0n) is 60.8. The molecule has 2 atom stereocenters. The van der Waals surface area contributed by atoms with Gasteiger partial charge in [-0.2, -0.15) is 0 Å². The molecule has 0 radical (unpaired) electrons. The first-order valence-electron chi connectivity index (χ1n) is 38.6. The molecule has 540 valence electrons. The number of unbranched alkanes of at least 4 members (excludes halogenated alkanes) is 30. The number of esters is 2. The lowest BCUT2D eigenvalue weighted by molar-refractivity contribution is -0.161. The number of ether oxygens (including phenoxy) is 2. The minimum absolute atomic E-state index is 0.0442. The lowest BCUT2D eigenvalue weighted by Gasteiger charge is -2.19. The van der Waals surface area contributed by atoms with Gasteiger partial charge in [-0.3, -0.25) is 18.6 Å². The van der Waals surface area contributed by atoms with Crippen molar-refractivity contribution in [2.45, 2.75) is 328 Å². The molecule has 0 saturated carbocycles. The van der Waals surface area contributed by atoms with Crippen molar-refractivity contribution in [2.24, 2.45) is 5.73 Å². The van der Waals surface area contributed by atoms with Gasteiger partial charge in [0.25, 0.3) is 0 Å². The van der Waals surface area contributed by atoms with Crippen molar-refractivity contribution < 1.29 is 37.6 Å². The zero-order chi connectivity index (χ0) is 68.6. The third-order valence-corrected chi connectivity index (χ3v) is 17.1. The Labute approximate surface area is 584 Å². The Hall–Kier alpha value is -4.63. The molecule has 0 aliphatic heterocycles. The Morgan fingerprint density at radius 3 is 0.811 bits per heavy atom. The Bertz CT molecular complexity index is 2170. The molecule has 0 bridgehead atoms. The number of carbonyl (C=O) groups is 2. The predicted octanol–water partition coefficient (Wildman–Crippen LogP) is 26.1. The van der Waals surface area contributed by atoms with E-state index in [1.165, 1.54) is 141 Å². The van der Waals surface area contributed by atoms with E-state index in [2.05, 4.69) is 184 Å². The Morgan fingerprint density at radius 1 is 0.316 bits per heavy atom. The summed E-state index contributed by atoms with van der Waals surface area (Å²) in [6.45, 7) is 3.52. The van der Waals surface area contributed by atoms with Crippen LogP contribution in [0.15, 0.2) is 170 Å². The van der Waals surface area contributed by atoms with Crippen LogP contribution < -0.4 is 5.73 Å². The smallest absolute Gasteiger partial charge is 0.462 e. The van der Waals surface area contributed by atoms with Crippen LogP contribution in [0, 0.1) is 0 Å². The van der Waals surface area contributed by atoms with Gasteiger partial charge in [0, 0.05) is 19.4 Å². The molecule has 0 spiro atoms. The molecular formula is C85H142NO8P. The fourth-order valence-corrected chi connectivity index (χ4v) is 11.2. The third-order valence-electron chi connectivity index (χ3n) is 16.1. The highest BCUT2D eigenvalue weighted by molar-refractivity contribution is 7.47. The van der Waals surface area contributed by atoms with Gasteiger partial charge in [-0.1, -0.05) is 351 Å². The molecule has 3 N–H and O–H groups in total. The molecule has 2 unspecified atom stereocenters. The quantitative estimate of drug-likeness (QED) is 0.0264. The summed E-state index contributed by atoms with van der Waals surface area (Å²) in [5.74, 6) is -0.843. The van der Waals surface area contributed by atoms with Crippen LogP contribution in [0.3, 0.4) is 0 Å². The maximum Gasteiger partial charge on any atom is 0.472 e. The van der Waals surface area contributed by atoms with Crippen LogP contribution in [-0.4, -0.2) is 49.3 Å². The maximum atomic E-state index is 12.8. The van der Waals surface area contributed by atoms with Crippen LogP contribution in [-0.2, 0) is 32.7 Å². The SMILES string of the molecule is CC/C=C\C/C=C\C/C=C\C/C=C\C/C=C\C/C=C\C/C=C\C/C=C\C/C=C\C/C=C\CCCCCCCCC(=O)OC(COC(=O)CCCCCCCCCCCCCCCCCCCCCCCCCC/C=C\C/C=C\C/C=C\C/C=C\CC)COP(=O)(O)OCCN. The van der Waals surface area contributed by atoms with E-state index in [9.17, 15) is 19.0 Å². The summed E-state index contributed by atoms with van der Waals surface area (Å²) in [4.78, 5) is 35.4. The van der Waals surface area contributed by atoms with E-state index in [1.807, 2.05) is 0 Å². The summed E-state index contributed by atoms with van der Waals surface area (Å²) in [6.07, 6.45) is 116. The van der Waals surface area contributed by atoms with E-state index in [0.29, 0.717) is 6.42 Å². The minimum Gasteiger partial charge on any atom is -0.462 e. The molecule has 0 aromatic heterocycles. The molecule has 9 nitrogen and oxygen atoms in total. The van der Waals surface area contributed by atoms with Gasteiger partial charge in [0.1, 0.15) is 6.61 Å². The Balaban J connectivity index is 3.90. The average Bonchev–Trinajstić information content (AvgIpc) is 2.64. The van der Waals surface area contributed by atoms with E-state index in [-0.39, 0.29) is 38.6 Å². The highest BCUT2D eigenvalue weighted by Crippen LogP contribution is 2.43.